The zero-order chi connectivity index (χ0) is 14.9. The number of aromatic nitrogens is 2. The largest absolute Gasteiger partial charge is 0.395 e. The molecule has 6 nitrogen and oxygen atoms in total. The number of nitrogen functional groups attached to an aromatic ring is 1. The average Bonchev–Trinajstić information content (AvgIpc) is 2.57. The molecule has 1 aliphatic rings. The molecular weight excluding hydrogens is 254 g/mol. The second kappa shape index (κ2) is 5.83. The van der Waals surface area contributed by atoms with Crippen LogP contribution in [0.5, 0.6) is 0 Å². The molecule has 1 aliphatic heterocycles. The maximum absolute atomic E-state index is 12.9. The summed E-state index contributed by atoms with van der Waals surface area (Å²) in [5, 5.41) is 4.34. The van der Waals surface area contributed by atoms with Crippen molar-refractivity contribution in [3.05, 3.63) is 11.4 Å². The zero-order valence-corrected chi connectivity index (χ0v) is 12.9. The molecule has 1 unspecified atom stereocenters. The van der Waals surface area contributed by atoms with Crippen molar-refractivity contribution in [3.8, 4) is 0 Å². The minimum Gasteiger partial charge on any atom is -0.395 e. The van der Waals surface area contributed by atoms with Gasteiger partial charge in [-0.3, -0.25) is 9.48 Å². The van der Waals surface area contributed by atoms with Crippen LogP contribution in [0.4, 0.5) is 5.69 Å². The van der Waals surface area contributed by atoms with Crippen molar-refractivity contribution in [3.63, 3.8) is 0 Å². The van der Waals surface area contributed by atoms with Crippen molar-refractivity contribution in [1.82, 2.24) is 19.6 Å². The molecule has 0 bridgehead atoms. The Labute approximate surface area is 120 Å². The van der Waals surface area contributed by atoms with Crippen LogP contribution in [0, 0.1) is 6.92 Å². The van der Waals surface area contributed by atoms with E-state index in [1.807, 2.05) is 18.7 Å². The molecule has 0 aliphatic carbocycles. The van der Waals surface area contributed by atoms with E-state index in [4.69, 9.17) is 5.73 Å². The predicted molar refractivity (Wildman–Crippen MR) is 79.7 cm³/mol. The van der Waals surface area contributed by atoms with Crippen molar-refractivity contribution >= 4 is 11.6 Å². The highest BCUT2D eigenvalue weighted by Crippen LogP contribution is 2.21. The first kappa shape index (κ1) is 14.8. The number of hydrogen-bond donors (Lipinski definition) is 1. The Hall–Kier alpha value is -1.56. The van der Waals surface area contributed by atoms with Crippen LogP contribution in [0.1, 0.15) is 36.5 Å². The summed E-state index contributed by atoms with van der Waals surface area (Å²) in [6.07, 6.45) is 0.992. The van der Waals surface area contributed by atoms with Gasteiger partial charge < -0.3 is 15.5 Å². The molecule has 0 aromatic carbocycles. The lowest BCUT2D eigenvalue weighted by atomic mass is 10.2. The summed E-state index contributed by atoms with van der Waals surface area (Å²) < 4.78 is 1.72. The monoisotopic (exact) mass is 279 g/mol. The zero-order valence-electron chi connectivity index (χ0n) is 12.9. The summed E-state index contributed by atoms with van der Waals surface area (Å²) in [5.74, 6) is 0.00718. The molecule has 1 aromatic rings. The van der Waals surface area contributed by atoms with E-state index >= 15 is 0 Å². The van der Waals surface area contributed by atoms with E-state index in [1.54, 1.807) is 4.68 Å². The summed E-state index contributed by atoms with van der Waals surface area (Å²) in [7, 11) is 2.10. The molecule has 1 atom stereocenters. The lowest BCUT2D eigenvalue weighted by Gasteiger charge is -2.28. The number of anilines is 1. The molecule has 1 aromatic heterocycles. The predicted octanol–water partition coefficient (Wildman–Crippen LogP) is 0.960. The van der Waals surface area contributed by atoms with Gasteiger partial charge in [0.1, 0.15) is 5.69 Å². The average molecular weight is 279 g/mol. The van der Waals surface area contributed by atoms with Crippen LogP contribution >= 0.6 is 0 Å². The lowest BCUT2D eigenvalue weighted by Crippen LogP contribution is -2.43. The van der Waals surface area contributed by atoms with Gasteiger partial charge in [0.25, 0.3) is 5.91 Å². The number of likely N-dealkylation sites (N-methyl/N-ethyl adjacent to an activating group) is 1. The Morgan fingerprint density at radius 1 is 1.45 bits per heavy atom. The highest BCUT2D eigenvalue weighted by molar-refractivity contribution is 5.98. The smallest absolute Gasteiger partial charge is 0.274 e. The molecule has 20 heavy (non-hydrogen) atoms. The second-order valence-corrected chi connectivity index (χ2v) is 5.63. The lowest BCUT2D eigenvalue weighted by molar-refractivity contribution is 0.0685. The molecule has 0 spiro atoms. The SMILES string of the molecule is CCn1nc(C)c(N)c1C(=O)N1CCCN(C)CC1C. The number of carbonyl (C=O) groups excluding carboxylic acids is 1. The van der Waals surface area contributed by atoms with Gasteiger partial charge in [0, 0.05) is 25.7 Å². The molecule has 2 N–H and O–H groups in total. The summed E-state index contributed by atoms with van der Waals surface area (Å²) in [5.41, 5.74) is 7.85. The molecule has 1 fully saturated rings. The minimum atomic E-state index is 0.00718. The van der Waals surface area contributed by atoms with E-state index in [-0.39, 0.29) is 11.9 Å². The van der Waals surface area contributed by atoms with Crippen LogP contribution in [-0.2, 0) is 6.54 Å². The van der Waals surface area contributed by atoms with Crippen molar-refractivity contribution in [1.29, 1.82) is 0 Å². The van der Waals surface area contributed by atoms with E-state index in [9.17, 15) is 4.79 Å². The first-order chi connectivity index (χ1) is 9.45. The van der Waals surface area contributed by atoms with Gasteiger partial charge in [-0.05, 0) is 40.8 Å². The van der Waals surface area contributed by atoms with E-state index < -0.39 is 0 Å². The van der Waals surface area contributed by atoms with Crippen LogP contribution in [0.3, 0.4) is 0 Å². The maximum Gasteiger partial charge on any atom is 0.274 e. The van der Waals surface area contributed by atoms with Gasteiger partial charge >= 0.3 is 0 Å². The summed E-state index contributed by atoms with van der Waals surface area (Å²) >= 11 is 0. The third kappa shape index (κ3) is 2.65. The highest BCUT2D eigenvalue weighted by Gasteiger charge is 2.29. The highest BCUT2D eigenvalue weighted by atomic mass is 16.2. The first-order valence-electron chi connectivity index (χ1n) is 7.28. The summed E-state index contributed by atoms with van der Waals surface area (Å²) in [4.78, 5) is 17.1. The normalized spacial score (nSPS) is 21.0. The number of hydrogen-bond acceptors (Lipinski definition) is 4. The molecule has 0 radical (unpaired) electrons. The number of amides is 1. The summed E-state index contributed by atoms with van der Waals surface area (Å²) in [6.45, 7) is 9.26. The fourth-order valence-corrected chi connectivity index (χ4v) is 2.86. The molecule has 112 valence electrons. The van der Waals surface area contributed by atoms with Crippen molar-refractivity contribution in [2.24, 2.45) is 0 Å². The standard InChI is InChI=1S/C14H25N5O/c1-5-19-13(12(15)11(3)16-19)14(20)18-8-6-7-17(4)9-10(18)2/h10H,5-9,15H2,1-4H3. The van der Waals surface area contributed by atoms with Gasteiger partial charge in [-0.15, -0.1) is 0 Å². The Balaban J connectivity index is 2.30. The van der Waals surface area contributed by atoms with Crippen LogP contribution in [0.25, 0.3) is 0 Å². The fraction of sp³-hybridized carbons (Fsp3) is 0.714. The van der Waals surface area contributed by atoms with Crippen LogP contribution in [0.15, 0.2) is 0 Å². The second-order valence-electron chi connectivity index (χ2n) is 5.63. The van der Waals surface area contributed by atoms with Crippen LogP contribution < -0.4 is 5.73 Å². The van der Waals surface area contributed by atoms with Crippen LogP contribution in [-0.4, -0.2) is 58.2 Å². The third-order valence-corrected chi connectivity index (χ3v) is 3.98. The Morgan fingerprint density at radius 2 is 2.15 bits per heavy atom. The van der Waals surface area contributed by atoms with Gasteiger partial charge in [0.2, 0.25) is 0 Å². The van der Waals surface area contributed by atoms with E-state index in [0.29, 0.717) is 17.9 Å². The quantitative estimate of drug-likeness (QED) is 0.875. The van der Waals surface area contributed by atoms with E-state index in [0.717, 1.165) is 31.7 Å². The third-order valence-electron chi connectivity index (χ3n) is 3.98. The van der Waals surface area contributed by atoms with Crippen LogP contribution in [0.2, 0.25) is 0 Å². The fourth-order valence-electron chi connectivity index (χ4n) is 2.86. The number of aryl methyl sites for hydroxylation is 2. The molecule has 0 saturated carbocycles. The first-order valence-corrected chi connectivity index (χ1v) is 7.28. The Morgan fingerprint density at radius 3 is 2.80 bits per heavy atom. The molecule has 2 heterocycles. The maximum atomic E-state index is 12.9. The molecule has 2 rings (SSSR count). The van der Waals surface area contributed by atoms with E-state index in [1.165, 1.54) is 0 Å². The van der Waals surface area contributed by atoms with Gasteiger partial charge in [-0.2, -0.15) is 5.10 Å². The molecular formula is C14H25N5O. The number of rotatable bonds is 2. The molecule has 1 amide bonds. The number of carbonyl (C=O) groups is 1. The van der Waals surface area contributed by atoms with Crippen molar-refractivity contribution in [2.45, 2.75) is 39.8 Å². The Kier molecular flexibility index (Phi) is 4.32. The van der Waals surface area contributed by atoms with Crippen molar-refractivity contribution in [2.75, 3.05) is 32.4 Å². The molecule has 1 saturated heterocycles. The number of nitrogens with zero attached hydrogens (tertiary/aromatic N) is 4. The van der Waals surface area contributed by atoms with Crippen molar-refractivity contribution < 1.29 is 4.79 Å². The Bertz CT molecular complexity index is 496. The van der Waals surface area contributed by atoms with Gasteiger partial charge in [0.15, 0.2) is 0 Å². The topological polar surface area (TPSA) is 67.4 Å². The number of nitrogens with two attached hydrogens (primary N) is 1. The minimum absolute atomic E-state index is 0.00718. The van der Waals surface area contributed by atoms with Gasteiger partial charge in [0.05, 0.1) is 11.4 Å². The summed E-state index contributed by atoms with van der Waals surface area (Å²) in [6, 6.07) is 0.190. The van der Waals surface area contributed by atoms with Gasteiger partial charge in [-0.1, -0.05) is 0 Å². The van der Waals surface area contributed by atoms with E-state index in [2.05, 4.69) is 24.0 Å². The molecule has 6 heteroatoms. The van der Waals surface area contributed by atoms with Gasteiger partial charge in [-0.25, -0.2) is 0 Å².